The fourth-order valence-corrected chi connectivity index (χ4v) is 12.7. The highest BCUT2D eigenvalue weighted by atomic mass is 15.3. The molecule has 4 aliphatic rings. The summed E-state index contributed by atoms with van der Waals surface area (Å²) in [7, 11) is 0. The van der Waals surface area contributed by atoms with E-state index < -0.39 is 0 Å². The predicted octanol–water partition coefficient (Wildman–Crippen LogP) is 15.5. The van der Waals surface area contributed by atoms with Gasteiger partial charge in [-0.25, -0.2) is 0 Å². The maximum atomic E-state index is 2.73. The summed E-state index contributed by atoms with van der Waals surface area (Å²) < 4.78 is 0. The van der Waals surface area contributed by atoms with Crippen molar-refractivity contribution in [3.63, 3.8) is 0 Å². The summed E-state index contributed by atoms with van der Waals surface area (Å²) in [5, 5.41) is 0. The SMILES string of the molecule is Cc1cc(C(C)(C)C)ccc1N1c2ccc(C(C)(C)C)cc2B2c3ccc(N4c5ccccc5C5(C)CCc6ccccc6C45C)cc3N(c3ccc(C(C)(C)C)cc3)c3cc(C(C)(C)C)cc1c32. The van der Waals surface area contributed by atoms with Crippen molar-refractivity contribution < 1.29 is 0 Å². The number of fused-ring (bicyclic) bond motifs is 9. The monoisotopic (exact) mass is 906 g/mol. The normalized spacial score (nSPS) is 19.4. The molecular weight excluding hydrogens is 834 g/mol. The van der Waals surface area contributed by atoms with E-state index in [2.05, 4.69) is 258 Å². The minimum atomic E-state index is -0.307. The lowest BCUT2D eigenvalue weighted by Gasteiger charge is -2.51. The summed E-state index contributed by atoms with van der Waals surface area (Å²) in [6, 6.07) is 55.3. The molecule has 7 aromatic carbocycles. The lowest BCUT2D eigenvalue weighted by molar-refractivity contribution is 0.245. The Bertz CT molecular complexity index is 3220. The van der Waals surface area contributed by atoms with Crippen molar-refractivity contribution >= 4 is 68.6 Å². The molecule has 0 bridgehead atoms. The summed E-state index contributed by atoms with van der Waals surface area (Å²) in [6.45, 7) is 35.5. The molecule has 7 aromatic rings. The van der Waals surface area contributed by atoms with Gasteiger partial charge in [0.15, 0.2) is 0 Å². The highest BCUT2D eigenvalue weighted by Crippen LogP contribution is 2.64. The maximum Gasteiger partial charge on any atom is 0.252 e. The molecule has 11 rings (SSSR count). The molecule has 3 aliphatic heterocycles. The summed E-state index contributed by atoms with van der Waals surface area (Å²) >= 11 is 0. The first-order valence-electron chi connectivity index (χ1n) is 25.7. The molecule has 0 radical (unpaired) electrons. The summed E-state index contributed by atoms with van der Waals surface area (Å²) in [5.41, 5.74) is 24.6. The average Bonchev–Trinajstić information content (AvgIpc) is 3.50. The van der Waals surface area contributed by atoms with Gasteiger partial charge in [0.05, 0.1) is 5.54 Å². The van der Waals surface area contributed by atoms with Crippen LogP contribution in [0.2, 0.25) is 0 Å². The Morgan fingerprint density at radius 1 is 0.435 bits per heavy atom. The van der Waals surface area contributed by atoms with Crippen LogP contribution in [-0.4, -0.2) is 6.71 Å². The molecule has 0 saturated carbocycles. The van der Waals surface area contributed by atoms with Gasteiger partial charge in [-0.2, -0.15) is 0 Å². The Morgan fingerprint density at radius 3 is 1.62 bits per heavy atom. The fourth-order valence-electron chi connectivity index (χ4n) is 12.7. The Kier molecular flexibility index (Phi) is 9.88. The topological polar surface area (TPSA) is 9.72 Å². The van der Waals surface area contributed by atoms with Crippen LogP contribution in [0.1, 0.15) is 148 Å². The van der Waals surface area contributed by atoms with Crippen molar-refractivity contribution in [3.05, 3.63) is 184 Å². The molecule has 2 unspecified atom stereocenters. The lowest BCUT2D eigenvalue weighted by Crippen LogP contribution is -2.61. The van der Waals surface area contributed by atoms with Crippen LogP contribution in [0.15, 0.2) is 140 Å². The summed E-state index contributed by atoms with van der Waals surface area (Å²) in [4.78, 5) is 7.99. The van der Waals surface area contributed by atoms with E-state index >= 15 is 0 Å². The van der Waals surface area contributed by atoms with E-state index in [0.29, 0.717) is 0 Å². The molecule has 4 heteroatoms. The van der Waals surface area contributed by atoms with Gasteiger partial charge < -0.3 is 14.7 Å². The third kappa shape index (κ3) is 6.74. The number of benzene rings is 7. The van der Waals surface area contributed by atoms with Crippen molar-refractivity contribution in [2.24, 2.45) is 0 Å². The van der Waals surface area contributed by atoms with E-state index in [1.54, 1.807) is 0 Å². The zero-order valence-corrected chi connectivity index (χ0v) is 44.1. The Balaban J connectivity index is 1.24. The molecular formula is C65H72BN3. The third-order valence-electron chi connectivity index (χ3n) is 17.0. The Hall–Kier alpha value is -6.00. The standard InChI is InChI=1S/C65H72BN3/c1-41-36-44(61(5,6)7)26-32-53(41)68-55-33-27-45(62(8,9)10)37-52(55)66-51-31-30-48(69-54-23-19-18-22-50(54)64(14)35-34-42-20-16-17-21-49(42)65(64,69)15)40-56(51)67(47-28-24-43(25-29-47)60(2,3)4)57-38-46(63(11,12)13)39-58(68)59(57)66/h16-33,36-40H,34-35H2,1-15H3. The van der Waals surface area contributed by atoms with E-state index in [9.17, 15) is 0 Å². The van der Waals surface area contributed by atoms with E-state index in [1.165, 1.54) is 106 Å². The second-order valence-corrected chi connectivity index (χ2v) is 25.5. The quantitative estimate of drug-likeness (QED) is 0.164. The van der Waals surface area contributed by atoms with Crippen LogP contribution < -0.4 is 31.1 Å². The molecule has 0 aromatic heterocycles. The molecule has 3 nitrogen and oxygen atoms in total. The minimum Gasteiger partial charge on any atom is -0.330 e. The van der Waals surface area contributed by atoms with Gasteiger partial charge in [0.1, 0.15) is 0 Å². The van der Waals surface area contributed by atoms with Gasteiger partial charge in [-0.15, -0.1) is 0 Å². The second kappa shape index (κ2) is 15.0. The van der Waals surface area contributed by atoms with Gasteiger partial charge in [-0.3, -0.25) is 0 Å². The van der Waals surface area contributed by atoms with Crippen LogP contribution in [0.5, 0.6) is 0 Å². The molecule has 0 amide bonds. The first-order chi connectivity index (χ1) is 32.4. The van der Waals surface area contributed by atoms with Crippen molar-refractivity contribution in [1.82, 2.24) is 0 Å². The number of hydrogen-bond donors (Lipinski definition) is 0. The van der Waals surface area contributed by atoms with Gasteiger partial charge in [0.25, 0.3) is 6.71 Å². The summed E-state index contributed by atoms with van der Waals surface area (Å²) in [6.07, 6.45) is 2.18. The van der Waals surface area contributed by atoms with Crippen molar-refractivity contribution in [2.45, 2.75) is 149 Å². The van der Waals surface area contributed by atoms with Crippen LogP contribution in [0, 0.1) is 6.92 Å². The first kappa shape index (κ1) is 45.4. The minimum absolute atomic E-state index is 0.00277. The molecule has 350 valence electrons. The molecule has 69 heavy (non-hydrogen) atoms. The number of aryl methyl sites for hydroxylation is 2. The molecule has 0 spiro atoms. The third-order valence-corrected chi connectivity index (χ3v) is 17.0. The van der Waals surface area contributed by atoms with Crippen molar-refractivity contribution in [2.75, 3.05) is 14.7 Å². The first-order valence-corrected chi connectivity index (χ1v) is 25.7. The molecule has 0 fully saturated rings. The van der Waals surface area contributed by atoms with Crippen LogP contribution in [0.4, 0.5) is 45.5 Å². The molecule has 2 atom stereocenters. The number of rotatable bonds is 3. The fraction of sp³-hybridized carbons (Fsp3) is 0.354. The van der Waals surface area contributed by atoms with Gasteiger partial charge in [0.2, 0.25) is 0 Å². The predicted molar refractivity (Wildman–Crippen MR) is 298 cm³/mol. The van der Waals surface area contributed by atoms with E-state index in [-0.39, 0.29) is 39.3 Å². The summed E-state index contributed by atoms with van der Waals surface area (Å²) in [5.74, 6) is 0. The highest BCUT2D eigenvalue weighted by molar-refractivity contribution is 7.00. The number of anilines is 8. The van der Waals surface area contributed by atoms with Gasteiger partial charge in [0, 0.05) is 50.9 Å². The van der Waals surface area contributed by atoms with E-state index in [1.807, 2.05) is 0 Å². The smallest absolute Gasteiger partial charge is 0.252 e. The Morgan fingerprint density at radius 2 is 0.986 bits per heavy atom. The van der Waals surface area contributed by atoms with Crippen LogP contribution in [0.25, 0.3) is 0 Å². The second-order valence-electron chi connectivity index (χ2n) is 25.5. The Labute approximate surface area is 414 Å². The molecule has 0 saturated heterocycles. The highest BCUT2D eigenvalue weighted by Gasteiger charge is 2.60. The van der Waals surface area contributed by atoms with Crippen molar-refractivity contribution in [3.8, 4) is 0 Å². The molecule has 3 heterocycles. The van der Waals surface area contributed by atoms with E-state index in [0.717, 1.165) is 12.8 Å². The van der Waals surface area contributed by atoms with Gasteiger partial charge >= 0.3 is 0 Å². The lowest BCUT2D eigenvalue weighted by atomic mass is 9.33. The molecule has 1 aliphatic carbocycles. The van der Waals surface area contributed by atoms with Crippen LogP contribution in [0.3, 0.4) is 0 Å². The molecule has 0 N–H and O–H groups in total. The number of hydrogen-bond acceptors (Lipinski definition) is 3. The largest absolute Gasteiger partial charge is 0.330 e. The van der Waals surface area contributed by atoms with Crippen LogP contribution in [-0.2, 0) is 39.0 Å². The zero-order valence-electron chi connectivity index (χ0n) is 44.1. The van der Waals surface area contributed by atoms with Gasteiger partial charge in [-0.05, 0) is 164 Å². The average molecular weight is 906 g/mol. The number of nitrogens with zero attached hydrogens (tertiary/aromatic N) is 3. The van der Waals surface area contributed by atoms with Crippen LogP contribution >= 0.6 is 0 Å². The number of para-hydroxylation sites is 1. The van der Waals surface area contributed by atoms with Crippen molar-refractivity contribution in [1.29, 1.82) is 0 Å². The maximum absolute atomic E-state index is 2.73. The van der Waals surface area contributed by atoms with Gasteiger partial charge in [-0.1, -0.05) is 175 Å². The zero-order chi connectivity index (χ0) is 49.0. The van der Waals surface area contributed by atoms with E-state index in [4.69, 9.17) is 0 Å².